The monoisotopic (exact) mass is 382 g/mol. The Hall–Kier alpha value is -2.40. The number of anilines is 3. The van der Waals surface area contributed by atoms with Gasteiger partial charge in [0.2, 0.25) is 5.95 Å². The van der Waals surface area contributed by atoms with Gasteiger partial charge in [-0.05, 0) is 47.5 Å². The summed E-state index contributed by atoms with van der Waals surface area (Å²) in [6.07, 6.45) is 0. The van der Waals surface area contributed by atoms with Crippen LogP contribution in [0, 0.1) is 13.8 Å². The van der Waals surface area contributed by atoms with Crippen molar-refractivity contribution in [3.05, 3.63) is 75.9 Å². The molecule has 0 aliphatic rings. The van der Waals surface area contributed by atoms with Crippen LogP contribution in [0.4, 0.5) is 17.5 Å². The quantitative estimate of drug-likeness (QED) is 0.635. The van der Waals surface area contributed by atoms with Crippen LogP contribution in [0.2, 0.25) is 0 Å². The average molecular weight is 383 g/mol. The highest BCUT2D eigenvalue weighted by molar-refractivity contribution is 9.10. The second-order valence-electron chi connectivity index (χ2n) is 5.67. The summed E-state index contributed by atoms with van der Waals surface area (Å²) in [5.41, 5.74) is 4.33. The van der Waals surface area contributed by atoms with E-state index in [1.54, 1.807) is 0 Å². The molecule has 24 heavy (non-hydrogen) atoms. The third-order valence-corrected chi connectivity index (χ3v) is 4.22. The predicted octanol–water partition coefficient (Wildman–Crippen LogP) is 5.21. The average Bonchev–Trinajstić information content (AvgIpc) is 2.55. The van der Waals surface area contributed by atoms with Crippen LogP contribution in [0.15, 0.2) is 59.1 Å². The minimum absolute atomic E-state index is 0.577. The molecule has 0 aliphatic heterocycles. The van der Waals surface area contributed by atoms with Crippen LogP contribution in [0.1, 0.15) is 16.8 Å². The lowest BCUT2D eigenvalue weighted by atomic mass is 10.1. The molecule has 0 fully saturated rings. The summed E-state index contributed by atoms with van der Waals surface area (Å²) in [6.45, 7) is 4.79. The largest absolute Gasteiger partial charge is 0.366 e. The summed E-state index contributed by atoms with van der Waals surface area (Å²) < 4.78 is 0.976. The van der Waals surface area contributed by atoms with E-state index in [1.807, 2.05) is 37.3 Å². The van der Waals surface area contributed by atoms with Gasteiger partial charge < -0.3 is 10.6 Å². The first-order chi connectivity index (χ1) is 11.6. The van der Waals surface area contributed by atoms with E-state index in [1.165, 1.54) is 11.1 Å². The zero-order valence-electron chi connectivity index (χ0n) is 13.7. The Bertz CT molecular complexity index is 848. The van der Waals surface area contributed by atoms with Gasteiger partial charge in [-0.3, -0.25) is 0 Å². The van der Waals surface area contributed by atoms with E-state index in [0.717, 1.165) is 28.2 Å². The molecule has 1 aromatic heterocycles. The Labute approximate surface area is 150 Å². The zero-order valence-corrected chi connectivity index (χ0v) is 15.3. The minimum atomic E-state index is 0.577. The van der Waals surface area contributed by atoms with Crippen LogP contribution in [0.5, 0.6) is 0 Å². The molecule has 3 aromatic rings. The van der Waals surface area contributed by atoms with E-state index < -0.39 is 0 Å². The van der Waals surface area contributed by atoms with E-state index >= 15 is 0 Å². The molecule has 0 aliphatic carbocycles. The van der Waals surface area contributed by atoms with Gasteiger partial charge in [0.25, 0.3) is 0 Å². The summed E-state index contributed by atoms with van der Waals surface area (Å²) in [5.74, 6) is 1.38. The van der Waals surface area contributed by atoms with Crippen LogP contribution in [0.3, 0.4) is 0 Å². The third-order valence-electron chi connectivity index (χ3n) is 3.53. The first-order valence-corrected chi connectivity index (χ1v) is 8.56. The Kier molecular flexibility index (Phi) is 5.11. The van der Waals surface area contributed by atoms with Crippen molar-refractivity contribution in [2.45, 2.75) is 20.4 Å². The summed E-state index contributed by atoms with van der Waals surface area (Å²) >= 11 is 3.53. The second-order valence-corrected chi connectivity index (χ2v) is 6.52. The molecule has 2 N–H and O–H groups in total. The maximum absolute atomic E-state index is 4.55. The number of aromatic nitrogens is 2. The Balaban J connectivity index is 1.75. The topological polar surface area (TPSA) is 49.8 Å². The van der Waals surface area contributed by atoms with Crippen LogP contribution in [-0.2, 0) is 6.54 Å². The van der Waals surface area contributed by atoms with E-state index in [0.29, 0.717) is 5.95 Å². The number of para-hydroxylation sites is 1. The molecular formula is C19H19BrN4. The molecule has 1 heterocycles. The van der Waals surface area contributed by atoms with Crippen molar-refractivity contribution in [2.75, 3.05) is 10.6 Å². The first kappa shape index (κ1) is 16.5. The Morgan fingerprint density at radius 2 is 1.79 bits per heavy atom. The third kappa shape index (κ3) is 4.32. The summed E-state index contributed by atoms with van der Waals surface area (Å²) in [7, 11) is 0. The van der Waals surface area contributed by atoms with Gasteiger partial charge in [-0.1, -0.05) is 42.0 Å². The summed E-state index contributed by atoms with van der Waals surface area (Å²) in [5, 5.41) is 6.62. The number of hydrogen-bond acceptors (Lipinski definition) is 4. The number of nitrogens with zero attached hydrogens (tertiary/aromatic N) is 2. The number of aryl methyl sites for hydroxylation is 2. The molecule has 0 saturated heterocycles. The fourth-order valence-corrected chi connectivity index (χ4v) is 2.80. The molecular weight excluding hydrogens is 364 g/mol. The second kappa shape index (κ2) is 7.45. The van der Waals surface area contributed by atoms with Crippen molar-refractivity contribution >= 4 is 33.4 Å². The van der Waals surface area contributed by atoms with E-state index in [-0.39, 0.29) is 0 Å². The molecule has 0 bridgehead atoms. The minimum Gasteiger partial charge on any atom is -0.366 e. The fraction of sp³-hybridized carbons (Fsp3) is 0.158. The predicted molar refractivity (Wildman–Crippen MR) is 103 cm³/mol. The van der Waals surface area contributed by atoms with Gasteiger partial charge in [-0.25, -0.2) is 4.98 Å². The normalized spacial score (nSPS) is 10.5. The van der Waals surface area contributed by atoms with Crippen LogP contribution >= 0.6 is 15.9 Å². The van der Waals surface area contributed by atoms with Crippen molar-refractivity contribution in [1.29, 1.82) is 0 Å². The van der Waals surface area contributed by atoms with E-state index in [2.05, 4.69) is 67.7 Å². The van der Waals surface area contributed by atoms with Gasteiger partial charge in [-0.2, -0.15) is 4.98 Å². The lowest BCUT2D eigenvalue weighted by Gasteiger charge is -2.11. The van der Waals surface area contributed by atoms with E-state index in [4.69, 9.17) is 0 Å². The van der Waals surface area contributed by atoms with Crippen molar-refractivity contribution in [1.82, 2.24) is 9.97 Å². The Morgan fingerprint density at radius 3 is 2.58 bits per heavy atom. The van der Waals surface area contributed by atoms with Crippen LogP contribution < -0.4 is 10.6 Å². The summed E-state index contributed by atoms with van der Waals surface area (Å²) in [6, 6.07) is 18.3. The summed E-state index contributed by atoms with van der Waals surface area (Å²) in [4.78, 5) is 9.01. The molecule has 0 unspecified atom stereocenters. The molecule has 0 spiro atoms. The highest BCUT2D eigenvalue weighted by Crippen LogP contribution is 2.24. The van der Waals surface area contributed by atoms with Crippen molar-refractivity contribution in [2.24, 2.45) is 0 Å². The number of halogens is 1. The molecule has 122 valence electrons. The maximum Gasteiger partial charge on any atom is 0.229 e. The molecule has 4 nitrogen and oxygen atoms in total. The van der Waals surface area contributed by atoms with Gasteiger partial charge in [0.05, 0.1) is 5.69 Å². The number of nitrogens with one attached hydrogen (secondary N) is 2. The lowest BCUT2D eigenvalue weighted by Crippen LogP contribution is -2.06. The molecule has 3 rings (SSSR count). The van der Waals surface area contributed by atoms with Crippen molar-refractivity contribution in [3.63, 3.8) is 0 Å². The molecule has 5 heteroatoms. The van der Waals surface area contributed by atoms with Gasteiger partial charge in [-0.15, -0.1) is 0 Å². The van der Waals surface area contributed by atoms with Gasteiger partial charge in [0.15, 0.2) is 0 Å². The molecule has 0 saturated carbocycles. The van der Waals surface area contributed by atoms with Crippen molar-refractivity contribution in [3.8, 4) is 0 Å². The lowest BCUT2D eigenvalue weighted by molar-refractivity contribution is 1.06. The Morgan fingerprint density at radius 1 is 0.958 bits per heavy atom. The molecule has 0 radical (unpaired) electrons. The first-order valence-electron chi connectivity index (χ1n) is 7.77. The highest BCUT2D eigenvalue weighted by atomic mass is 79.9. The number of rotatable bonds is 5. The van der Waals surface area contributed by atoms with E-state index in [9.17, 15) is 0 Å². The fourth-order valence-electron chi connectivity index (χ4n) is 2.41. The van der Waals surface area contributed by atoms with Crippen molar-refractivity contribution < 1.29 is 0 Å². The van der Waals surface area contributed by atoms with Gasteiger partial charge in [0.1, 0.15) is 5.82 Å². The standard InChI is InChI=1S/C19H19BrN4/c1-13-6-5-7-15(10-13)12-21-18-11-14(2)22-19(24-18)23-17-9-4-3-8-16(17)20/h3-11H,12H2,1-2H3,(H2,21,22,23,24). The van der Waals surface area contributed by atoms with Gasteiger partial charge in [0, 0.05) is 22.8 Å². The molecule has 2 aromatic carbocycles. The highest BCUT2D eigenvalue weighted by Gasteiger charge is 2.05. The number of benzene rings is 2. The molecule has 0 atom stereocenters. The maximum atomic E-state index is 4.55. The zero-order chi connectivity index (χ0) is 16.9. The van der Waals surface area contributed by atoms with Crippen LogP contribution in [-0.4, -0.2) is 9.97 Å². The van der Waals surface area contributed by atoms with Gasteiger partial charge >= 0.3 is 0 Å². The van der Waals surface area contributed by atoms with Crippen LogP contribution in [0.25, 0.3) is 0 Å². The number of hydrogen-bond donors (Lipinski definition) is 2. The molecule has 0 amide bonds. The smallest absolute Gasteiger partial charge is 0.229 e. The SMILES string of the molecule is Cc1cccc(CNc2cc(C)nc(Nc3ccccc3Br)n2)c1.